The third-order valence-corrected chi connectivity index (χ3v) is 11.1. The van der Waals surface area contributed by atoms with Crippen molar-refractivity contribution in [2.75, 3.05) is 14.2 Å². The lowest BCUT2D eigenvalue weighted by molar-refractivity contribution is -0.223. The first-order chi connectivity index (χ1) is 13.5. The van der Waals surface area contributed by atoms with Crippen LogP contribution in [0.25, 0.3) is 0 Å². The van der Waals surface area contributed by atoms with Crippen molar-refractivity contribution in [3.63, 3.8) is 0 Å². The Hall–Kier alpha value is -0.200. The van der Waals surface area contributed by atoms with Crippen LogP contribution in [0.2, 0.25) is 0 Å². The topological polar surface area (TPSA) is 119 Å². The molecule has 8 nitrogen and oxygen atoms in total. The minimum Gasteiger partial charge on any atom is -0.375 e. The second-order valence-electron chi connectivity index (χ2n) is 7.81. The molecule has 5 aliphatic rings. The Bertz CT molecular complexity index is 878. The van der Waals surface area contributed by atoms with Gasteiger partial charge in [0, 0.05) is 49.3 Å². The van der Waals surface area contributed by atoms with Crippen LogP contribution in [0.1, 0.15) is 0 Å². The van der Waals surface area contributed by atoms with Gasteiger partial charge in [0.2, 0.25) is 5.79 Å². The first-order valence-electron chi connectivity index (χ1n) is 8.59. The SMILES string of the molecule is COC1(OC)[C@@]2(Cl)[C@H]3/C(=N\NC(N)=S)[C@H]4[C@H]5/C(=N/NC(N)=S)[C@H]3[C@@]1(Cl)[C@@]5(Cl)[C@]42Cl. The second kappa shape index (κ2) is 5.58. The van der Waals surface area contributed by atoms with E-state index in [9.17, 15) is 0 Å². The van der Waals surface area contributed by atoms with Crippen LogP contribution >= 0.6 is 70.8 Å². The van der Waals surface area contributed by atoms with Gasteiger partial charge in [0.1, 0.15) is 19.5 Å². The smallest absolute Gasteiger partial charge is 0.211 e. The van der Waals surface area contributed by atoms with Gasteiger partial charge in [-0.15, -0.1) is 46.4 Å². The van der Waals surface area contributed by atoms with Crippen LogP contribution in [0.5, 0.6) is 0 Å². The van der Waals surface area contributed by atoms with E-state index in [1.807, 2.05) is 0 Å². The molecule has 5 rings (SSSR count). The maximum Gasteiger partial charge on any atom is 0.211 e. The zero-order chi connectivity index (χ0) is 21.4. The second-order valence-corrected chi connectivity index (χ2v) is 11.1. The average molecular weight is 518 g/mol. The van der Waals surface area contributed by atoms with E-state index >= 15 is 0 Å². The number of alkyl halides is 4. The van der Waals surface area contributed by atoms with E-state index < -0.39 is 37.1 Å². The van der Waals surface area contributed by atoms with Crippen molar-refractivity contribution < 1.29 is 9.47 Å². The molecule has 0 spiro atoms. The third kappa shape index (κ3) is 1.56. The molecule has 14 heteroatoms. The molecule has 5 saturated carbocycles. The highest BCUT2D eigenvalue weighted by atomic mass is 35.5. The molecule has 0 aliphatic heterocycles. The van der Waals surface area contributed by atoms with Crippen LogP contribution in [0.3, 0.4) is 0 Å². The van der Waals surface area contributed by atoms with E-state index in [-0.39, 0.29) is 22.1 Å². The molecule has 2 bridgehead atoms. The van der Waals surface area contributed by atoms with Crippen molar-refractivity contribution in [3.05, 3.63) is 0 Å². The summed E-state index contributed by atoms with van der Waals surface area (Å²) >= 11 is 39.0. The Morgan fingerprint density at radius 2 is 1.10 bits per heavy atom. The van der Waals surface area contributed by atoms with Crippen LogP contribution < -0.4 is 22.3 Å². The summed E-state index contributed by atoms with van der Waals surface area (Å²) in [4.78, 5) is -5.06. The number of hydrogen-bond acceptors (Lipinski definition) is 6. The first kappa shape index (κ1) is 20.7. The molecular formula is C15H16Cl4N6O2S2. The van der Waals surface area contributed by atoms with E-state index in [2.05, 4.69) is 21.1 Å². The molecule has 29 heavy (non-hydrogen) atoms. The number of methoxy groups -OCH3 is 2. The van der Waals surface area contributed by atoms with Crippen molar-refractivity contribution in [2.24, 2.45) is 45.3 Å². The lowest BCUT2D eigenvalue weighted by Crippen LogP contribution is -2.73. The van der Waals surface area contributed by atoms with Crippen molar-refractivity contribution in [1.82, 2.24) is 10.9 Å². The van der Waals surface area contributed by atoms with Gasteiger partial charge in [-0.1, -0.05) is 0 Å². The predicted octanol–water partition coefficient (Wildman–Crippen LogP) is 0.797. The maximum absolute atomic E-state index is 7.34. The zero-order valence-corrected chi connectivity index (χ0v) is 19.7. The van der Waals surface area contributed by atoms with Crippen LogP contribution in [0, 0.1) is 23.7 Å². The number of nitrogens with zero attached hydrogens (tertiary/aromatic N) is 2. The molecule has 6 N–H and O–H groups in total. The number of hydrogen-bond donors (Lipinski definition) is 4. The summed E-state index contributed by atoms with van der Waals surface area (Å²) in [5, 5.41) is 8.90. The molecule has 0 aromatic carbocycles. The molecule has 5 aliphatic carbocycles. The molecular weight excluding hydrogens is 502 g/mol. The summed E-state index contributed by atoms with van der Waals surface area (Å²) in [7, 11) is 2.94. The van der Waals surface area contributed by atoms with Crippen molar-refractivity contribution in [2.45, 2.75) is 25.3 Å². The molecule has 5 fully saturated rings. The molecule has 0 unspecified atom stereocenters. The Balaban J connectivity index is 1.81. The largest absolute Gasteiger partial charge is 0.375 e. The Kier molecular flexibility index (Phi) is 3.98. The highest BCUT2D eigenvalue weighted by Gasteiger charge is 3.11. The molecule has 0 aromatic rings. The maximum atomic E-state index is 7.34. The number of halogens is 4. The van der Waals surface area contributed by atoms with E-state index in [4.69, 9.17) is 91.8 Å². The molecule has 0 amide bonds. The van der Waals surface area contributed by atoms with Crippen LogP contribution in [-0.4, -0.2) is 61.2 Å². The molecule has 0 aromatic heterocycles. The van der Waals surface area contributed by atoms with Gasteiger partial charge in [0.25, 0.3) is 0 Å². The van der Waals surface area contributed by atoms with Crippen molar-refractivity contribution in [1.29, 1.82) is 0 Å². The fourth-order valence-corrected chi connectivity index (χ4v) is 10.3. The number of nitrogens with two attached hydrogens (primary N) is 2. The Labute approximate surface area is 196 Å². The number of thiocarbonyl (C=S) groups is 2. The summed E-state index contributed by atoms with van der Waals surface area (Å²) in [6, 6.07) is 0. The van der Waals surface area contributed by atoms with Gasteiger partial charge in [-0.05, 0) is 24.4 Å². The minimum atomic E-state index is -1.50. The van der Waals surface area contributed by atoms with Gasteiger partial charge in [-0.3, -0.25) is 10.9 Å². The fourth-order valence-electron chi connectivity index (χ4n) is 6.94. The van der Waals surface area contributed by atoms with Gasteiger partial charge >= 0.3 is 0 Å². The minimum absolute atomic E-state index is 0.0121. The van der Waals surface area contributed by atoms with Gasteiger partial charge in [-0.25, -0.2) is 0 Å². The highest BCUT2D eigenvalue weighted by Crippen LogP contribution is 2.95. The van der Waals surface area contributed by atoms with E-state index in [0.717, 1.165) is 0 Å². The summed E-state index contributed by atoms with van der Waals surface area (Å²) < 4.78 is 11.8. The van der Waals surface area contributed by atoms with Crippen LogP contribution in [0.15, 0.2) is 10.2 Å². The summed E-state index contributed by atoms with van der Waals surface area (Å²) in [5.74, 6) is -3.27. The average Bonchev–Trinajstić information content (AvgIpc) is 2.96. The number of rotatable bonds is 4. The summed E-state index contributed by atoms with van der Waals surface area (Å²) in [6.07, 6.45) is 0. The number of ether oxygens (including phenoxy) is 2. The quantitative estimate of drug-likeness (QED) is 0.187. The number of nitrogens with one attached hydrogen (secondary N) is 2. The molecule has 8 atom stereocenters. The zero-order valence-electron chi connectivity index (χ0n) is 15.0. The van der Waals surface area contributed by atoms with Gasteiger partial charge in [-0.2, -0.15) is 10.2 Å². The molecule has 0 heterocycles. The van der Waals surface area contributed by atoms with Crippen LogP contribution in [-0.2, 0) is 9.47 Å². The summed E-state index contributed by atoms with van der Waals surface area (Å²) in [6.45, 7) is 0. The van der Waals surface area contributed by atoms with Gasteiger partial charge in [0.15, 0.2) is 10.2 Å². The fraction of sp³-hybridized carbons (Fsp3) is 0.733. The molecule has 0 radical (unpaired) electrons. The Morgan fingerprint density at radius 3 is 1.38 bits per heavy atom. The highest BCUT2D eigenvalue weighted by molar-refractivity contribution is 7.80. The van der Waals surface area contributed by atoms with Crippen molar-refractivity contribution >= 4 is 92.5 Å². The third-order valence-electron chi connectivity index (χ3n) is 7.37. The monoisotopic (exact) mass is 516 g/mol. The van der Waals surface area contributed by atoms with E-state index in [1.165, 1.54) is 14.2 Å². The summed E-state index contributed by atoms with van der Waals surface area (Å²) in [5.41, 5.74) is 17.8. The molecule has 158 valence electrons. The molecule has 0 saturated heterocycles. The van der Waals surface area contributed by atoms with E-state index in [1.54, 1.807) is 0 Å². The lowest BCUT2D eigenvalue weighted by Gasteiger charge is -2.58. The standard InChI is InChI=1S/C15H16Cl4N6O2S2/c1-26-15(27-2)13(18)5-6-8(23-25-10(21)29)4-3(7(5)22-24-9(20)28)11(13,16)12(4,17)14(6,15)19/h3-6H,1-2H3,(H3,20,24,28)(H3,21,25,29)/b22-7-,23-8-/t3-,4+,5-,6+,11-,12+,13-,14-/m1/s1. The first-order valence-corrected chi connectivity index (χ1v) is 10.9. The number of hydrazone groups is 2. The number of fused-ring (bicyclic) bond motifs is 2. The normalized spacial score (nSPS) is 54.3. The Morgan fingerprint density at radius 1 is 0.793 bits per heavy atom. The van der Waals surface area contributed by atoms with E-state index in [0.29, 0.717) is 11.4 Å². The van der Waals surface area contributed by atoms with Crippen LogP contribution in [0.4, 0.5) is 0 Å². The van der Waals surface area contributed by atoms with Crippen molar-refractivity contribution in [3.8, 4) is 0 Å². The predicted molar refractivity (Wildman–Crippen MR) is 120 cm³/mol. The lowest BCUT2D eigenvalue weighted by atomic mass is 9.57. The van der Waals surface area contributed by atoms with Gasteiger partial charge in [0.05, 0.1) is 0 Å². The van der Waals surface area contributed by atoms with Gasteiger partial charge < -0.3 is 20.9 Å².